The average Bonchev–Trinajstić information content (AvgIpc) is 3.44. The van der Waals surface area contributed by atoms with E-state index in [1.54, 1.807) is 56.3 Å². The molecule has 43 heavy (non-hydrogen) atoms. The average molecular weight is 658 g/mol. The van der Waals surface area contributed by atoms with E-state index in [1.807, 2.05) is 0 Å². The summed E-state index contributed by atoms with van der Waals surface area (Å²) in [6.07, 6.45) is 0.0760. The number of esters is 1. The van der Waals surface area contributed by atoms with Crippen molar-refractivity contribution in [1.29, 1.82) is 0 Å². The van der Waals surface area contributed by atoms with E-state index < -0.39 is 29.2 Å². The zero-order chi connectivity index (χ0) is 31.1. The maximum absolute atomic E-state index is 12.4. The number of nitrogens with zero attached hydrogens (tertiary/aromatic N) is 2. The summed E-state index contributed by atoms with van der Waals surface area (Å²) in [5, 5.41) is 31.0. The number of hydrazone groups is 1. The summed E-state index contributed by atoms with van der Waals surface area (Å²) < 4.78 is 22.6. The van der Waals surface area contributed by atoms with Gasteiger partial charge >= 0.3 is 12.0 Å². The molecule has 0 unspecified atom stereocenters. The van der Waals surface area contributed by atoms with Crippen molar-refractivity contribution in [1.82, 2.24) is 16.1 Å². The van der Waals surface area contributed by atoms with E-state index in [-0.39, 0.29) is 23.6 Å². The Morgan fingerprint density at radius 3 is 2.74 bits per heavy atom. The summed E-state index contributed by atoms with van der Waals surface area (Å²) in [4.78, 5) is 35.4. The van der Waals surface area contributed by atoms with Crippen molar-refractivity contribution in [2.45, 2.75) is 26.1 Å². The van der Waals surface area contributed by atoms with Crippen LogP contribution in [0.3, 0.4) is 0 Å². The van der Waals surface area contributed by atoms with Gasteiger partial charge in [-0.1, -0.05) is 22.0 Å². The van der Waals surface area contributed by atoms with Crippen LogP contribution in [0.1, 0.15) is 31.2 Å². The molecule has 0 fully saturated rings. The largest absolute Gasteiger partial charge is 0.490 e. The molecular weight excluding hydrogens is 630 g/mol. The van der Waals surface area contributed by atoms with Gasteiger partial charge in [0.1, 0.15) is 18.1 Å². The number of amides is 2. The summed E-state index contributed by atoms with van der Waals surface area (Å²) in [6, 6.07) is 11.4. The third-order valence-electron chi connectivity index (χ3n) is 6.14. The van der Waals surface area contributed by atoms with E-state index in [2.05, 4.69) is 37.1 Å². The number of nitrogens with one attached hydrogen (secondary N) is 3. The highest BCUT2D eigenvalue weighted by Crippen LogP contribution is 2.35. The Labute approximate surface area is 254 Å². The Bertz CT molecular complexity index is 1590. The van der Waals surface area contributed by atoms with E-state index in [0.29, 0.717) is 45.2 Å². The second-order valence-electron chi connectivity index (χ2n) is 9.04. The van der Waals surface area contributed by atoms with Crippen LogP contribution in [0.4, 0.5) is 10.5 Å². The number of carbonyl (C=O) groups excluding carboxylic acids is 2. The molecule has 2 atom stereocenters. The van der Waals surface area contributed by atoms with Gasteiger partial charge in [-0.3, -0.25) is 15.5 Å². The second-order valence-corrected chi connectivity index (χ2v) is 9.95. The minimum absolute atomic E-state index is 0.117. The molecule has 15 heteroatoms. The van der Waals surface area contributed by atoms with Crippen molar-refractivity contribution in [2.75, 3.05) is 20.3 Å². The van der Waals surface area contributed by atoms with Crippen molar-refractivity contribution in [3.63, 3.8) is 0 Å². The number of hydrogen-bond donors (Lipinski definition) is 4. The lowest BCUT2D eigenvalue weighted by atomic mass is 9.95. The Balaban J connectivity index is 1.40. The smallest absolute Gasteiger partial charge is 0.337 e. The van der Waals surface area contributed by atoms with E-state index in [9.17, 15) is 24.8 Å². The van der Waals surface area contributed by atoms with Crippen LogP contribution in [0, 0.1) is 10.1 Å². The van der Waals surface area contributed by atoms with Gasteiger partial charge in [0, 0.05) is 16.2 Å². The molecule has 0 aliphatic carbocycles. The first kappa shape index (κ1) is 31.1. The molecule has 14 nitrogen and oxygen atoms in total. The topological polar surface area (TPSA) is 187 Å². The quantitative estimate of drug-likeness (QED) is 0.0725. The van der Waals surface area contributed by atoms with Crippen LogP contribution in [-0.2, 0) is 9.53 Å². The Morgan fingerprint density at radius 2 is 2.02 bits per heavy atom. The highest BCUT2D eigenvalue weighted by Gasteiger charge is 2.32. The number of ether oxygens (including phenoxy) is 3. The van der Waals surface area contributed by atoms with Crippen molar-refractivity contribution in [3.8, 4) is 22.8 Å². The number of furan rings is 1. The highest BCUT2D eigenvalue weighted by molar-refractivity contribution is 9.10. The van der Waals surface area contributed by atoms with Crippen molar-refractivity contribution in [2.24, 2.45) is 5.10 Å². The molecule has 0 saturated carbocycles. The van der Waals surface area contributed by atoms with Gasteiger partial charge in [-0.15, -0.1) is 0 Å². The number of methoxy groups -OCH3 is 1. The van der Waals surface area contributed by atoms with Crippen molar-refractivity contribution in [3.05, 3.63) is 85.7 Å². The lowest BCUT2D eigenvalue weighted by Gasteiger charge is -2.28. The number of allylic oxidation sites excluding steroid dienone is 1. The van der Waals surface area contributed by atoms with Gasteiger partial charge in [-0.2, -0.15) is 5.10 Å². The van der Waals surface area contributed by atoms with Gasteiger partial charge in [0.05, 0.1) is 42.0 Å². The number of carbonyl (C=O) groups is 2. The number of urea groups is 1. The summed E-state index contributed by atoms with van der Waals surface area (Å²) in [5.41, 5.74) is 3.87. The number of hydrogen-bond acceptors (Lipinski definition) is 11. The highest BCUT2D eigenvalue weighted by atomic mass is 79.9. The van der Waals surface area contributed by atoms with Crippen LogP contribution in [0.15, 0.2) is 73.8 Å². The molecule has 1 aromatic heterocycles. The van der Waals surface area contributed by atoms with Crippen LogP contribution in [0.2, 0.25) is 0 Å². The molecule has 0 radical (unpaired) electrons. The Morgan fingerprint density at radius 1 is 1.23 bits per heavy atom. The SMILES string of the molecule is CCOc1cc([C@@H]2NC(=O)NC(C)=C2C(=O)OC)ccc1OC[C@H](O)N/N=C/c1ccc(-c2ccc(Br)cc2[N+](=O)[O-])o1. The zero-order valence-electron chi connectivity index (χ0n) is 23.3. The molecule has 1 aliphatic rings. The van der Waals surface area contributed by atoms with E-state index >= 15 is 0 Å². The van der Waals surface area contributed by atoms with E-state index in [4.69, 9.17) is 18.6 Å². The fourth-order valence-corrected chi connectivity index (χ4v) is 4.59. The molecule has 2 aromatic carbocycles. The minimum atomic E-state index is -1.23. The number of halogens is 1. The predicted octanol–water partition coefficient (Wildman–Crippen LogP) is 4.14. The predicted molar refractivity (Wildman–Crippen MR) is 157 cm³/mol. The van der Waals surface area contributed by atoms with Gasteiger partial charge < -0.3 is 34.4 Å². The van der Waals surface area contributed by atoms with Gasteiger partial charge in [-0.05, 0) is 55.8 Å². The molecule has 2 heterocycles. The van der Waals surface area contributed by atoms with Crippen LogP contribution < -0.4 is 25.5 Å². The monoisotopic (exact) mass is 657 g/mol. The van der Waals surface area contributed by atoms with E-state index in [0.717, 1.165) is 0 Å². The summed E-state index contributed by atoms with van der Waals surface area (Å²) >= 11 is 3.22. The number of aliphatic hydroxyl groups excluding tert-OH is 1. The summed E-state index contributed by atoms with van der Waals surface area (Å²) in [7, 11) is 1.26. The first-order valence-corrected chi connectivity index (χ1v) is 13.7. The first-order valence-electron chi connectivity index (χ1n) is 12.9. The van der Waals surface area contributed by atoms with E-state index in [1.165, 1.54) is 19.4 Å². The Kier molecular flexibility index (Phi) is 10.0. The second kappa shape index (κ2) is 13.8. The normalized spacial score (nSPS) is 15.5. The van der Waals surface area contributed by atoms with Gasteiger partial charge in [0.25, 0.3) is 5.69 Å². The maximum atomic E-state index is 12.4. The molecule has 0 spiro atoms. The number of rotatable bonds is 12. The van der Waals surface area contributed by atoms with Crippen LogP contribution >= 0.6 is 15.9 Å². The Hall–Kier alpha value is -4.89. The number of benzene rings is 2. The van der Waals surface area contributed by atoms with Gasteiger partial charge in [-0.25, -0.2) is 9.59 Å². The lowest BCUT2D eigenvalue weighted by Crippen LogP contribution is -2.45. The molecule has 4 N–H and O–H groups in total. The summed E-state index contributed by atoms with van der Waals surface area (Å²) in [5.74, 6) is 0.620. The van der Waals surface area contributed by atoms with Crippen LogP contribution in [0.25, 0.3) is 11.3 Å². The molecule has 0 saturated heterocycles. The van der Waals surface area contributed by atoms with Crippen LogP contribution in [-0.4, -0.2) is 54.8 Å². The number of nitro groups is 1. The fourth-order valence-electron chi connectivity index (χ4n) is 4.24. The third-order valence-corrected chi connectivity index (χ3v) is 6.63. The molecule has 226 valence electrons. The lowest BCUT2D eigenvalue weighted by molar-refractivity contribution is -0.384. The molecule has 2 amide bonds. The molecular formula is C28H28BrN5O9. The minimum Gasteiger partial charge on any atom is -0.490 e. The molecule has 0 bridgehead atoms. The molecule has 1 aliphatic heterocycles. The van der Waals surface area contributed by atoms with Gasteiger partial charge in [0.2, 0.25) is 0 Å². The maximum Gasteiger partial charge on any atom is 0.337 e. The van der Waals surface area contributed by atoms with Crippen molar-refractivity contribution < 1.29 is 38.2 Å². The third kappa shape index (κ3) is 7.50. The standard InChI is InChI=1S/C28H28BrN5O9/c1-4-41-23-11-16(26-25(27(36)40-3)15(2)31-28(37)32-26)5-9-22(23)42-14-24(35)33-30-13-18-7-10-21(43-18)19-8-6-17(29)12-20(19)34(38)39/h5-13,24,26,33,35H,4,14H2,1-3H3,(H2,31,32,37)/b30-13+/t24-,26-/m0/s1. The summed E-state index contributed by atoms with van der Waals surface area (Å²) in [6.45, 7) is 3.47. The van der Waals surface area contributed by atoms with Crippen molar-refractivity contribution >= 4 is 39.8 Å². The zero-order valence-corrected chi connectivity index (χ0v) is 24.8. The molecule has 3 aromatic rings. The first-order chi connectivity index (χ1) is 20.6. The fraction of sp³-hybridized carbons (Fsp3) is 0.250. The van der Waals surface area contributed by atoms with Gasteiger partial charge in [0.15, 0.2) is 17.7 Å². The molecule has 4 rings (SSSR count). The number of nitro benzene ring substituents is 1. The number of aliphatic hydroxyl groups is 1. The van der Waals surface area contributed by atoms with Crippen LogP contribution in [0.5, 0.6) is 11.5 Å².